The molecule has 7 nitrogen and oxygen atoms in total. The third kappa shape index (κ3) is 3.63. The van der Waals surface area contributed by atoms with Gasteiger partial charge in [0.2, 0.25) is 5.91 Å². The average molecular weight is 388 g/mol. The molecule has 2 aromatic heterocycles. The van der Waals surface area contributed by atoms with E-state index in [9.17, 15) is 14.4 Å². The Kier molecular flexibility index (Phi) is 5.24. The molecule has 2 aliphatic rings. The van der Waals surface area contributed by atoms with Crippen LogP contribution >= 0.6 is 11.3 Å². The van der Waals surface area contributed by atoms with Gasteiger partial charge in [0.05, 0.1) is 0 Å². The lowest BCUT2D eigenvalue weighted by Crippen LogP contribution is -2.45. The van der Waals surface area contributed by atoms with Gasteiger partial charge in [-0.25, -0.2) is 4.98 Å². The van der Waals surface area contributed by atoms with Crippen LogP contribution in [0.15, 0.2) is 22.6 Å². The van der Waals surface area contributed by atoms with Crippen LogP contribution in [0.4, 0.5) is 0 Å². The zero-order valence-corrected chi connectivity index (χ0v) is 16.1. The normalized spacial score (nSPS) is 19.3. The van der Waals surface area contributed by atoms with Gasteiger partial charge >= 0.3 is 0 Å². The molecule has 0 atom stereocenters. The molecule has 0 spiro atoms. The van der Waals surface area contributed by atoms with Crippen LogP contribution in [0, 0.1) is 5.92 Å². The largest absolute Gasteiger partial charge is 0.342 e. The summed E-state index contributed by atoms with van der Waals surface area (Å²) in [7, 11) is 0. The summed E-state index contributed by atoms with van der Waals surface area (Å²) >= 11 is 1.36. The van der Waals surface area contributed by atoms with Crippen LogP contribution in [0.1, 0.15) is 48.9 Å². The summed E-state index contributed by atoms with van der Waals surface area (Å²) in [4.78, 5) is 46.6. The van der Waals surface area contributed by atoms with E-state index in [1.807, 2.05) is 4.90 Å². The Labute approximate surface area is 161 Å². The van der Waals surface area contributed by atoms with Gasteiger partial charge in [0.1, 0.15) is 5.56 Å². The highest BCUT2D eigenvalue weighted by Crippen LogP contribution is 2.22. The number of hydrogen-bond acceptors (Lipinski definition) is 5. The van der Waals surface area contributed by atoms with Gasteiger partial charge in [-0.15, -0.1) is 11.3 Å². The van der Waals surface area contributed by atoms with E-state index >= 15 is 0 Å². The van der Waals surface area contributed by atoms with Gasteiger partial charge in [-0.05, 0) is 25.7 Å². The first-order chi connectivity index (χ1) is 13.1. The molecule has 2 aliphatic heterocycles. The number of fused-ring (bicyclic) bond motifs is 1. The molecule has 0 unspecified atom stereocenters. The number of piperidine rings is 1. The number of likely N-dealkylation sites (tertiary alicyclic amines) is 2. The van der Waals surface area contributed by atoms with Gasteiger partial charge < -0.3 is 9.80 Å². The number of carbonyl (C=O) groups is 2. The minimum Gasteiger partial charge on any atom is -0.342 e. The molecule has 0 aromatic carbocycles. The minimum atomic E-state index is -0.325. The first kappa shape index (κ1) is 18.2. The fourth-order valence-corrected chi connectivity index (χ4v) is 4.70. The smallest absolute Gasteiger partial charge is 0.271 e. The molecule has 27 heavy (non-hydrogen) atoms. The minimum absolute atomic E-state index is 0.00859. The van der Waals surface area contributed by atoms with E-state index in [0.717, 1.165) is 25.9 Å². The standard InChI is InChI=1S/C19H24N4O3S/c24-16(21-7-3-1-2-4-8-21)14-5-9-22(10-6-14)17(25)15-13-20-19-23(18(15)26)11-12-27-19/h11-14H,1-10H2. The van der Waals surface area contributed by atoms with Gasteiger partial charge in [-0.3, -0.25) is 18.8 Å². The van der Waals surface area contributed by atoms with Crippen LogP contribution in [0.25, 0.3) is 4.96 Å². The molecule has 0 radical (unpaired) electrons. The molecule has 0 saturated carbocycles. The Morgan fingerprint density at radius 2 is 1.70 bits per heavy atom. The summed E-state index contributed by atoms with van der Waals surface area (Å²) < 4.78 is 1.41. The number of nitrogens with zero attached hydrogens (tertiary/aromatic N) is 4. The summed E-state index contributed by atoms with van der Waals surface area (Å²) in [5, 5.41) is 1.78. The number of thiazole rings is 1. The quantitative estimate of drug-likeness (QED) is 0.789. The van der Waals surface area contributed by atoms with Crippen LogP contribution in [-0.2, 0) is 4.79 Å². The molecule has 2 saturated heterocycles. The van der Waals surface area contributed by atoms with Crippen molar-refractivity contribution in [2.75, 3.05) is 26.2 Å². The molecule has 0 N–H and O–H groups in total. The first-order valence-corrected chi connectivity index (χ1v) is 10.6. The predicted molar refractivity (Wildman–Crippen MR) is 103 cm³/mol. The van der Waals surface area contributed by atoms with Crippen molar-refractivity contribution in [2.45, 2.75) is 38.5 Å². The topological polar surface area (TPSA) is 75.0 Å². The van der Waals surface area contributed by atoms with E-state index in [1.165, 1.54) is 34.8 Å². The van der Waals surface area contributed by atoms with Crippen molar-refractivity contribution in [3.63, 3.8) is 0 Å². The SMILES string of the molecule is O=C(c1cnc2sccn2c1=O)N1CCC(C(=O)N2CCCCCC2)CC1. The second-order valence-electron chi connectivity index (χ2n) is 7.34. The van der Waals surface area contributed by atoms with E-state index in [0.29, 0.717) is 30.9 Å². The maximum atomic E-state index is 12.8. The van der Waals surface area contributed by atoms with E-state index < -0.39 is 0 Å². The average Bonchev–Trinajstić information content (AvgIpc) is 3.02. The molecule has 4 heterocycles. The van der Waals surface area contributed by atoms with Crippen molar-refractivity contribution in [3.8, 4) is 0 Å². The number of hydrogen-bond donors (Lipinski definition) is 0. The second kappa shape index (κ2) is 7.80. The van der Waals surface area contributed by atoms with Crippen molar-refractivity contribution < 1.29 is 9.59 Å². The molecular weight excluding hydrogens is 364 g/mol. The summed E-state index contributed by atoms with van der Waals surface area (Å²) in [5.41, 5.74) is -0.225. The third-order valence-electron chi connectivity index (χ3n) is 5.62. The molecule has 144 valence electrons. The lowest BCUT2D eigenvalue weighted by molar-refractivity contribution is -0.136. The molecule has 2 amide bonds. The summed E-state index contributed by atoms with van der Waals surface area (Å²) in [6.07, 6.45) is 8.93. The molecular formula is C19H24N4O3S. The van der Waals surface area contributed by atoms with Crippen molar-refractivity contribution in [1.82, 2.24) is 19.2 Å². The molecule has 4 rings (SSSR count). The number of amides is 2. The lowest BCUT2D eigenvalue weighted by Gasteiger charge is -2.34. The Balaban J connectivity index is 1.41. The van der Waals surface area contributed by atoms with Gasteiger partial charge in [-0.1, -0.05) is 12.8 Å². The van der Waals surface area contributed by atoms with Crippen molar-refractivity contribution in [2.24, 2.45) is 5.92 Å². The van der Waals surface area contributed by atoms with Crippen LogP contribution < -0.4 is 5.56 Å². The number of carbonyl (C=O) groups excluding carboxylic acids is 2. The fraction of sp³-hybridized carbons (Fsp3) is 0.579. The summed E-state index contributed by atoms with van der Waals surface area (Å²) in [6.45, 7) is 2.74. The van der Waals surface area contributed by atoms with Crippen LogP contribution in [0.3, 0.4) is 0 Å². The molecule has 2 aromatic rings. The summed E-state index contributed by atoms with van der Waals surface area (Å²) in [6, 6.07) is 0. The lowest BCUT2D eigenvalue weighted by atomic mass is 9.94. The van der Waals surface area contributed by atoms with Crippen LogP contribution in [0.2, 0.25) is 0 Å². The Hall–Kier alpha value is -2.22. The van der Waals surface area contributed by atoms with Gasteiger partial charge in [0.25, 0.3) is 11.5 Å². The number of rotatable bonds is 2. The van der Waals surface area contributed by atoms with E-state index in [4.69, 9.17) is 0 Å². The molecule has 0 bridgehead atoms. The third-order valence-corrected chi connectivity index (χ3v) is 6.39. The highest BCUT2D eigenvalue weighted by molar-refractivity contribution is 7.15. The monoisotopic (exact) mass is 388 g/mol. The Morgan fingerprint density at radius 3 is 2.41 bits per heavy atom. The van der Waals surface area contributed by atoms with Gasteiger partial charge in [0.15, 0.2) is 4.96 Å². The second-order valence-corrected chi connectivity index (χ2v) is 8.21. The van der Waals surface area contributed by atoms with E-state index in [-0.39, 0.29) is 28.9 Å². The highest BCUT2D eigenvalue weighted by atomic mass is 32.1. The van der Waals surface area contributed by atoms with Crippen molar-refractivity contribution in [3.05, 3.63) is 33.7 Å². The Bertz CT molecular complexity index is 890. The highest BCUT2D eigenvalue weighted by Gasteiger charge is 2.31. The van der Waals surface area contributed by atoms with Gasteiger partial charge in [0, 0.05) is 49.9 Å². The van der Waals surface area contributed by atoms with Crippen LogP contribution in [0.5, 0.6) is 0 Å². The maximum Gasteiger partial charge on any atom is 0.271 e. The van der Waals surface area contributed by atoms with E-state index in [2.05, 4.69) is 4.98 Å². The van der Waals surface area contributed by atoms with Crippen molar-refractivity contribution in [1.29, 1.82) is 0 Å². The first-order valence-electron chi connectivity index (χ1n) is 9.68. The zero-order chi connectivity index (χ0) is 18.8. The predicted octanol–water partition coefficient (Wildman–Crippen LogP) is 2.01. The maximum absolute atomic E-state index is 12.8. The molecule has 0 aliphatic carbocycles. The number of aromatic nitrogens is 2. The summed E-state index contributed by atoms with van der Waals surface area (Å²) in [5.74, 6) is -0.0510. The molecule has 8 heteroatoms. The van der Waals surface area contributed by atoms with Gasteiger partial charge in [-0.2, -0.15) is 0 Å². The molecule has 2 fully saturated rings. The van der Waals surface area contributed by atoms with Crippen LogP contribution in [-0.4, -0.2) is 57.2 Å². The fourth-order valence-electron chi connectivity index (χ4n) is 4.02. The zero-order valence-electron chi connectivity index (χ0n) is 15.3. The van der Waals surface area contributed by atoms with Crippen molar-refractivity contribution >= 4 is 28.1 Å². The Morgan fingerprint density at radius 1 is 1.00 bits per heavy atom. The van der Waals surface area contributed by atoms with E-state index in [1.54, 1.807) is 16.5 Å².